The summed E-state index contributed by atoms with van der Waals surface area (Å²) >= 11 is 7.41. The van der Waals surface area contributed by atoms with Crippen LogP contribution in [0.15, 0.2) is 0 Å². The number of imide groups is 1. The maximum absolute atomic E-state index is 11.2. The van der Waals surface area contributed by atoms with Crippen LogP contribution in [0, 0.1) is 0 Å². The Kier molecular flexibility index (Phi) is 6.37. The zero-order valence-electron chi connectivity index (χ0n) is 7.79. The van der Waals surface area contributed by atoms with Gasteiger partial charge in [-0.2, -0.15) is 25.3 Å². The Balaban J connectivity index is 4.58. The Hall–Kier alpha value is -0.730. The molecule has 0 saturated carbocycles. The first-order chi connectivity index (χ1) is 6.93. The van der Waals surface area contributed by atoms with E-state index in [4.69, 9.17) is 10.8 Å². The van der Waals surface area contributed by atoms with E-state index in [2.05, 4.69) is 25.3 Å². The number of carboxylic acid groups (broad SMARTS) is 1. The van der Waals surface area contributed by atoms with Gasteiger partial charge < -0.3 is 10.8 Å². The molecule has 0 aromatic heterocycles. The van der Waals surface area contributed by atoms with E-state index >= 15 is 0 Å². The first-order valence-electron chi connectivity index (χ1n) is 3.97. The van der Waals surface area contributed by atoms with Crippen molar-refractivity contribution >= 4 is 43.0 Å². The maximum atomic E-state index is 11.2. The first kappa shape index (κ1) is 14.3. The molecular weight excluding hydrogens is 240 g/mol. The van der Waals surface area contributed by atoms with Crippen LogP contribution in [0.4, 0.5) is 0 Å². The lowest BCUT2D eigenvalue weighted by atomic mass is 10.3. The topological polar surface area (TPSA) is 101 Å². The average Bonchev–Trinajstić information content (AvgIpc) is 2.23. The van der Waals surface area contributed by atoms with Crippen molar-refractivity contribution in [2.45, 2.75) is 6.04 Å². The van der Waals surface area contributed by atoms with Crippen LogP contribution < -0.4 is 5.73 Å². The molecule has 6 nitrogen and oxygen atoms in total. The summed E-state index contributed by atoms with van der Waals surface area (Å²) in [5.41, 5.74) is 5.21. The van der Waals surface area contributed by atoms with Gasteiger partial charge in [-0.3, -0.25) is 19.3 Å². The standard InChI is InChI=1S/C7H12N2O4S2/c8-4(7(12)13)1-9(5(10)2-14)6(11)3-15/h4,14-15H,1-3,8H2,(H,12,13). The van der Waals surface area contributed by atoms with E-state index in [1.807, 2.05) is 0 Å². The fraction of sp³-hybridized carbons (Fsp3) is 0.571. The molecule has 0 heterocycles. The van der Waals surface area contributed by atoms with Gasteiger partial charge in [0.2, 0.25) is 11.8 Å². The largest absolute Gasteiger partial charge is 0.480 e. The van der Waals surface area contributed by atoms with Crippen molar-refractivity contribution in [1.82, 2.24) is 4.90 Å². The van der Waals surface area contributed by atoms with Gasteiger partial charge in [-0.25, -0.2) is 0 Å². The highest BCUT2D eigenvalue weighted by Crippen LogP contribution is 1.98. The minimum atomic E-state index is -1.29. The Morgan fingerprint density at radius 3 is 1.87 bits per heavy atom. The second-order valence-electron chi connectivity index (χ2n) is 2.66. The number of carboxylic acids is 1. The number of hydrogen-bond acceptors (Lipinski definition) is 6. The van der Waals surface area contributed by atoms with E-state index in [1.165, 1.54) is 0 Å². The summed E-state index contributed by atoms with van der Waals surface area (Å²) < 4.78 is 0. The van der Waals surface area contributed by atoms with Crippen LogP contribution in [0.3, 0.4) is 0 Å². The molecule has 1 atom stereocenters. The van der Waals surface area contributed by atoms with Crippen molar-refractivity contribution in [3.8, 4) is 0 Å². The van der Waals surface area contributed by atoms with Gasteiger partial charge in [0.15, 0.2) is 0 Å². The van der Waals surface area contributed by atoms with Gasteiger partial charge in [-0.1, -0.05) is 0 Å². The third-order valence-corrected chi connectivity index (χ3v) is 2.11. The molecule has 0 bridgehead atoms. The molecule has 1 unspecified atom stereocenters. The summed E-state index contributed by atoms with van der Waals surface area (Å²) in [5.74, 6) is -2.83. The van der Waals surface area contributed by atoms with Gasteiger partial charge in [0, 0.05) is 0 Å². The maximum Gasteiger partial charge on any atom is 0.322 e. The van der Waals surface area contributed by atoms with Gasteiger partial charge in [0.25, 0.3) is 0 Å². The molecule has 0 aliphatic carbocycles. The van der Waals surface area contributed by atoms with Gasteiger partial charge in [0.1, 0.15) is 6.04 Å². The van der Waals surface area contributed by atoms with Crippen LogP contribution >= 0.6 is 25.3 Å². The van der Waals surface area contributed by atoms with E-state index < -0.39 is 23.8 Å². The monoisotopic (exact) mass is 252 g/mol. The molecule has 86 valence electrons. The third kappa shape index (κ3) is 4.54. The molecule has 0 aliphatic heterocycles. The SMILES string of the molecule is NC(CN(C(=O)CS)C(=O)CS)C(=O)O. The summed E-state index contributed by atoms with van der Waals surface area (Å²) in [7, 11) is 0. The molecule has 2 amide bonds. The Morgan fingerprint density at radius 2 is 1.60 bits per heavy atom. The average molecular weight is 252 g/mol. The number of hydrogen-bond donors (Lipinski definition) is 4. The van der Waals surface area contributed by atoms with Crippen molar-refractivity contribution in [2.75, 3.05) is 18.1 Å². The van der Waals surface area contributed by atoms with Crippen LogP contribution in [0.1, 0.15) is 0 Å². The van der Waals surface area contributed by atoms with Crippen LogP contribution in [0.25, 0.3) is 0 Å². The van der Waals surface area contributed by atoms with E-state index in [-0.39, 0.29) is 18.1 Å². The highest BCUT2D eigenvalue weighted by atomic mass is 32.1. The van der Waals surface area contributed by atoms with Gasteiger partial charge in [-0.15, -0.1) is 0 Å². The number of carbonyl (C=O) groups is 3. The predicted octanol–water partition coefficient (Wildman–Crippen LogP) is -1.39. The molecule has 3 N–H and O–H groups in total. The summed E-state index contributed by atoms with van der Waals surface area (Å²) in [5, 5.41) is 8.53. The number of carbonyl (C=O) groups excluding carboxylic acids is 2. The second kappa shape index (κ2) is 6.70. The van der Waals surface area contributed by atoms with Crippen molar-refractivity contribution in [1.29, 1.82) is 0 Å². The van der Waals surface area contributed by atoms with Crippen molar-refractivity contribution in [3.63, 3.8) is 0 Å². The lowest BCUT2D eigenvalue weighted by Gasteiger charge is -2.21. The molecule has 0 rings (SSSR count). The quantitative estimate of drug-likeness (QED) is 0.452. The zero-order valence-corrected chi connectivity index (χ0v) is 9.58. The fourth-order valence-corrected chi connectivity index (χ4v) is 1.13. The van der Waals surface area contributed by atoms with E-state index in [1.54, 1.807) is 0 Å². The molecule has 0 radical (unpaired) electrons. The van der Waals surface area contributed by atoms with Crippen molar-refractivity contribution in [3.05, 3.63) is 0 Å². The first-order valence-corrected chi connectivity index (χ1v) is 5.23. The summed E-state index contributed by atoms with van der Waals surface area (Å²) in [6, 6.07) is -1.29. The number of amides is 2. The zero-order chi connectivity index (χ0) is 12.0. The summed E-state index contributed by atoms with van der Waals surface area (Å²) in [6.07, 6.45) is 0. The molecule has 15 heavy (non-hydrogen) atoms. The second-order valence-corrected chi connectivity index (χ2v) is 3.29. The molecule has 8 heteroatoms. The number of rotatable bonds is 5. The summed E-state index contributed by atoms with van der Waals surface area (Å²) in [6.45, 7) is -0.367. The molecule has 0 spiro atoms. The van der Waals surface area contributed by atoms with Crippen molar-refractivity contribution < 1.29 is 19.5 Å². The lowest BCUT2D eigenvalue weighted by molar-refractivity contribution is -0.144. The Bertz CT molecular complexity index is 256. The van der Waals surface area contributed by atoms with Crippen molar-refractivity contribution in [2.24, 2.45) is 5.73 Å². The molecule has 0 aliphatic rings. The smallest absolute Gasteiger partial charge is 0.322 e. The molecule has 0 saturated heterocycles. The fourth-order valence-electron chi connectivity index (χ4n) is 0.788. The highest BCUT2D eigenvalue weighted by molar-refractivity contribution is 7.81. The lowest BCUT2D eigenvalue weighted by Crippen LogP contribution is -2.48. The van der Waals surface area contributed by atoms with E-state index in [9.17, 15) is 14.4 Å². The predicted molar refractivity (Wildman–Crippen MR) is 60.0 cm³/mol. The number of nitrogens with zero attached hydrogens (tertiary/aromatic N) is 1. The number of aliphatic carboxylic acids is 1. The van der Waals surface area contributed by atoms with Gasteiger partial charge in [0.05, 0.1) is 18.1 Å². The molecule has 0 fully saturated rings. The molecular formula is C7H12N2O4S2. The molecule has 0 aromatic carbocycles. The Labute approximate surface area is 97.6 Å². The minimum absolute atomic E-state index is 0.189. The minimum Gasteiger partial charge on any atom is -0.480 e. The van der Waals surface area contributed by atoms with E-state index in [0.717, 1.165) is 4.90 Å². The normalized spacial score (nSPS) is 11.9. The third-order valence-electron chi connectivity index (χ3n) is 1.57. The van der Waals surface area contributed by atoms with Crippen LogP contribution in [0.5, 0.6) is 0 Å². The van der Waals surface area contributed by atoms with Crippen LogP contribution in [0.2, 0.25) is 0 Å². The highest BCUT2D eigenvalue weighted by Gasteiger charge is 2.24. The Morgan fingerprint density at radius 1 is 1.20 bits per heavy atom. The van der Waals surface area contributed by atoms with Gasteiger partial charge in [-0.05, 0) is 0 Å². The molecule has 0 aromatic rings. The van der Waals surface area contributed by atoms with Gasteiger partial charge >= 0.3 is 5.97 Å². The summed E-state index contributed by atoms with van der Waals surface area (Å²) in [4.78, 5) is 33.6. The number of nitrogens with two attached hydrogens (primary N) is 1. The van der Waals surface area contributed by atoms with E-state index in [0.29, 0.717) is 0 Å². The number of thiol groups is 2. The van der Waals surface area contributed by atoms with Crippen LogP contribution in [-0.2, 0) is 14.4 Å². The van der Waals surface area contributed by atoms with Crippen LogP contribution in [-0.4, -0.2) is 51.9 Å².